The number of thiocarbonyl (C=S) groups is 1. The second kappa shape index (κ2) is 4.60. The van der Waals surface area contributed by atoms with Gasteiger partial charge in [0, 0.05) is 13.0 Å². The van der Waals surface area contributed by atoms with Crippen molar-refractivity contribution in [3.05, 3.63) is 41.2 Å². The van der Waals surface area contributed by atoms with Gasteiger partial charge in [0.1, 0.15) is 5.75 Å². The van der Waals surface area contributed by atoms with Crippen molar-refractivity contribution in [2.24, 2.45) is 0 Å². The molecular formula is C14H14ClFN2OS. The summed E-state index contributed by atoms with van der Waals surface area (Å²) in [6, 6.07) is 2.99. The third kappa shape index (κ3) is 1.88. The summed E-state index contributed by atoms with van der Waals surface area (Å²) in [5.41, 5.74) is -0.148. The highest BCUT2D eigenvalue weighted by Crippen LogP contribution is 2.46. The lowest BCUT2D eigenvalue weighted by Gasteiger charge is -2.52. The molecule has 2 bridgehead atoms. The lowest BCUT2D eigenvalue weighted by Crippen LogP contribution is -2.64. The Morgan fingerprint density at radius 3 is 3.15 bits per heavy atom. The Kier molecular flexibility index (Phi) is 3.14. The molecule has 1 aromatic carbocycles. The van der Waals surface area contributed by atoms with Gasteiger partial charge in [-0.3, -0.25) is 0 Å². The van der Waals surface area contributed by atoms with Gasteiger partial charge in [0.05, 0.1) is 16.6 Å². The van der Waals surface area contributed by atoms with E-state index in [1.807, 2.05) is 11.8 Å². The molecule has 1 saturated heterocycles. The molecule has 3 rings (SSSR count). The Balaban J connectivity index is 2.10. The molecule has 6 heteroatoms. The smallest absolute Gasteiger partial charge is 0.184 e. The van der Waals surface area contributed by atoms with Crippen LogP contribution in [0.25, 0.3) is 0 Å². The Bertz CT molecular complexity index is 609. The van der Waals surface area contributed by atoms with Gasteiger partial charge in [0.15, 0.2) is 16.7 Å². The first-order chi connectivity index (χ1) is 9.46. The summed E-state index contributed by atoms with van der Waals surface area (Å²) in [6.45, 7) is 6.25. The van der Waals surface area contributed by atoms with Crippen LogP contribution in [0.5, 0.6) is 5.75 Å². The van der Waals surface area contributed by atoms with Crippen molar-refractivity contribution in [3.8, 4) is 5.75 Å². The highest BCUT2D eigenvalue weighted by Gasteiger charge is 2.48. The third-order valence-electron chi connectivity index (χ3n) is 3.78. The van der Waals surface area contributed by atoms with Gasteiger partial charge in [-0.05, 0) is 31.3 Å². The van der Waals surface area contributed by atoms with Gasteiger partial charge in [0.2, 0.25) is 0 Å². The molecule has 0 amide bonds. The van der Waals surface area contributed by atoms with Gasteiger partial charge in [-0.25, -0.2) is 4.39 Å². The van der Waals surface area contributed by atoms with Crippen LogP contribution < -0.4 is 10.1 Å². The van der Waals surface area contributed by atoms with E-state index in [-0.39, 0.29) is 11.1 Å². The third-order valence-corrected chi connectivity index (χ3v) is 4.41. The summed E-state index contributed by atoms with van der Waals surface area (Å²) in [7, 11) is 0. The number of nitrogens with one attached hydrogen (secondary N) is 1. The minimum Gasteiger partial charge on any atom is -0.468 e. The topological polar surface area (TPSA) is 24.5 Å². The summed E-state index contributed by atoms with van der Waals surface area (Å²) < 4.78 is 20.3. The van der Waals surface area contributed by atoms with Crippen molar-refractivity contribution in [3.63, 3.8) is 0 Å². The van der Waals surface area contributed by atoms with Crippen molar-refractivity contribution in [2.45, 2.75) is 25.1 Å². The average molecular weight is 313 g/mol. The van der Waals surface area contributed by atoms with E-state index in [1.54, 1.807) is 12.1 Å². The average Bonchev–Trinajstić information content (AvgIpc) is 2.38. The van der Waals surface area contributed by atoms with Crippen LogP contribution in [0.3, 0.4) is 0 Å². The molecule has 2 unspecified atom stereocenters. The predicted molar refractivity (Wildman–Crippen MR) is 80.4 cm³/mol. The van der Waals surface area contributed by atoms with E-state index in [1.165, 1.54) is 6.07 Å². The summed E-state index contributed by atoms with van der Waals surface area (Å²) in [5, 5.41) is 3.79. The molecule has 20 heavy (non-hydrogen) atoms. The van der Waals surface area contributed by atoms with Crippen molar-refractivity contribution in [2.75, 3.05) is 6.54 Å². The van der Waals surface area contributed by atoms with Crippen LogP contribution in [0, 0.1) is 5.82 Å². The van der Waals surface area contributed by atoms with Gasteiger partial charge < -0.3 is 15.0 Å². The van der Waals surface area contributed by atoms with Gasteiger partial charge in [-0.2, -0.15) is 0 Å². The van der Waals surface area contributed by atoms with Crippen LogP contribution >= 0.6 is 23.8 Å². The molecule has 2 aliphatic rings. The molecule has 1 aromatic rings. The number of rotatable bonds is 2. The molecule has 2 heterocycles. The first-order valence-electron chi connectivity index (χ1n) is 6.32. The Hall–Kier alpha value is -1.33. The van der Waals surface area contributed by atoms with Crippen molar-refractivity contribution in [1.82, 2.24) is 10.2 Å². The van der Waals surface area contributed by atoms with E-state index in [9.17, 15) is 4.39 Å². The maximum absolute atomic E-state index is 14.2. The number of nitrogens with zero attached hydrogens (tertiary/aromatic N) is 1. The van der Waals surface area contributed by atoms with E-state index >= 15 is 0 Å². The van der Waals surface area contributed by atoms with Crippen LogP contribution in [-0.2, 0) is 0 Å². The summed E-state index contributed by atoms with van der Waals surface area (Å²) >= 11 is 11.2. The molecule has 0 saturated carbocycles. The monoisotopic (exact) mass is 312 g/mol. The first kappa shape index (κ1) is 13.6. The molecule has 2 aliphatic heterocycles. The number of hydrogen-bond donors (Lipinski definition) is 1. The molecule has 2 atom stereocenters. The molecule has 1 fully saturated rings. The molecule has 0 spiro atoms. The molecule has 3 nitrogen and oxygen atoms in total. The zero-order valence-electron chi connectivity index (χ0n) is 11.0. The van der Waals surface area contributed by atoms with Crippen molar-refractivity contribution >= 4 is 28.9 Å². The summed E-state index contributed by atoms with van der Waals surface area (Å²) in [6.07, 6.45) is 2.35. The van der Waals surface area contributed by atoms with Gasteiger partial charge in [0.25, 0.3) is 0 Å². The highest BCUT2D eigenvalue weighted by molar-refractivity contribution is 7.80. The van der Waals surface area contributed by atoms with Crippen LogP contribution in [0.1, 0.15) is 24.9 Å². The summed E-state index contributed by atoms with van der Waals surface area (Å²) in [5.74, 6) is 0.0680. The Morgan fingerprint density at radius 2 is 2.45 bits per heavy atom. The quantitative estimate of drug-likeness (QED) is 0.668. The summed E-state index contributed by atoms with van der Waals surface area (Å²) in [4.78, 5) is 1.92. The zero-order valence-corrected chi connectivity index (χ0v) is 12.5. The first-order valence-corrected chi connectivity index (χ1v) is 7.11. The van der Waals surface area contributed by atoms with Gasteiger partial charge in [-0.1, -0.05) is 17.7 Å². The number of halogens is 2. The van der Waals surface area contributed by atoms with Gasteiger partial charge in [-0.15, -0.1) is 6.58 Å². The molecule has 1 N–H and O–H groups in total. The van der Waals surface area contributed by atoms with E-state index < -0.39 is 11.5 Å². The second-order valence-corrected chi connectivity index (χ2v) is 5.95. The van der Waals surface area contributed by atoms with Crippen molar-refractivity contribution < 1.29 is 9.13 Å². The van der Waals surface area contributed by atoms with Gasteiger partial charge >= 0.3 is 0 Å². The second-order valence-electron chi connectivity index (χ2n) is 5.16. The fourth-order valence-electron chi connectivity index (χ4n) is 2.86. The fraction of sp³-hybridized carbons (Fsp3) is 0.357. The minimum absolute atomic E-state index is 0.0946. The largest absolute Gasteiger partial charge is 0.468 e. The fourth-order valence-corrected chi connectivity index (χ4v) is 3.43. The highest BCUT2D eigenvalue weighted by atomic mass is 35.5. The maximum atomic E-state index is 14.2. The normalized spacial score (nSPS) is 27.4. The lowest BCUT2D eigenvalue weighted by atomic mass is 9.90. The number of ether oxygens (including phenoxy) is 1. The van der Waals surface area contributed by atoms with Crippen LogP contribution in [-0.4, -0.2) is 22.3 Å². The minimum atomic E-state index is -0.603. The molecule has 0 aliphatic carbocycles. The Morgan fingerprint density at radius 1 is 1.70 bits per heavy atom. The number of fused-ring (bicyclic) bond motifs is 4. The van der Waals surface area contributed by atoms with E-state index in [0.29, 0.717) is 29.4 Å². The maximum Gasteiger partial charge on any atom is 0.184 e. The standard InChI is InChI=1S/C14H14ClFN2OS/c1-3-6-18-13(20)17-9-7-14(18,2)19-10-5-4-8(15)12(16)11(9)10/h3-5,9H,1,6-7H2,2H3,(H,17,20). The van der Waals surface area contributed by atoms with Crippen molar-refractivity contribution in [1.29, 1.82) is 0 Å². The molecular weight excluding hydrogens is 299 g/mol. The van der Waals surface area contributed by atoms with Crippen LogP contribution in [0.15, 0.2) is 24.8 Å². The number of benzene rings is 1. The molecule has 0 radical (unpaired) electrons. The predicted octanol–water partition coefficient (Wildman–Crippen LogP) is 3.40. The SMILES string of the molecule is C=CCN1C(=S)NC2CC1(C)Oc1ccc(Cl)c(F)c12. The van der Waals surface area contributed by atoms with Crippen LogP contribution in [0.2, 0.25) is 5.02 Å². The molecule has 0 aromatic heterocycles. The Labute approximate surface area is 127 Å². The zero-order chi connectivity index (χ0) is 14.5. The molecule has 106 valence electrons. The van der Waals surface area contributed by atoms with Crippen LogP contribution in [0.4, 0.5) is 4.39 Å². The lowest BCUT2D eigenvalue weighted by molar-refractivity contribution is -0.0639. The number of hydrogen-bond acceptors (Lipinski definition) is 2. The van der Waals surface area contributed by atoms with E-state index in [4.69, 9.17) is 28.6 Å². The van der Waals surface area contributed by atoms with E-state index in [2.05, 4.69) is 11.9 Å². The van der Waals surface area contributed by atoms with E-state index in [0.717, 1.165) is 0 Å².